The molecule has 1 aliphatic carbocycles. The number of nitrogens with one attached hydrogen (secondary N) is 1. The van der Waals surface area contributed by atoms with Gasteiger partial charge in [0.25, 0.3) is 0 Å². The molecule has 4 rings (SSSR count). The summed E-state index contributed by atoms with van der Waals surface area (Å²) in [4.78, 5) is 25.5. The third-order valence-corrected chi connectivity index (χ3v) is 5.30. The summed E-state index contributed by atoms with van der Waals surface area (Å²) in [6, 6.07) is 3.72. The van der Waals surface area contributed by atoms with Crippen LogP contribution in [0.4, 0.5) is 16.2 Å². The maximum absolute atomic E-state index is 13.9. The molecular formula is C19H21FN6O. The maximum atomic E-state index is 13.9. The third-order valence-electron chi connectivity index (χ3n) is 5.30. The van der Waals surface area contributed by atoms with Crippen molar-refractivity contribution in [3.05, 3.63) is 48.2 Å². The normalized spacial score (nSPS) is 23.4. The van der Waals surface area contributed by atoms with E-state index in [1.54, 1.807) is 18.5 Å². The molecule has 0 radical (unpaired) electrons. The Labute approximate surface area is 156 Å². The zero-order chi connectivity index (χ0) is 18.8. The fourth-order valence-electron chi connectivity index (χ4n) is 3.91. The molecule has 2 aromatic heterocycles. The van der Waals surface area contributed by atoms with Gasteiger partial charge in [-0.3, -0.25) is 9.78 Å². The van der Waals surface area contributed by atoms with Gasteiger partial charge in [0.2, 0.25) is 11.9 Å². The van der Waals surface area contributed by atoms with Crippen LogP contribution >= 0.6 is 0 Å². The first-order chi connectivity index (χ1) is 13.1. The van der Waals surface area contributed by atoms with E-state index in [9.17, 15) is 9.18 Å². The molecule has 0 spiro atoms. The monoisotopic (exact) mass is 368 g/mol. The van der Waals surface area contributed by atoms with Gasteiger partial charge in [0.1, 0.15) is 0 Å². The highest BCUT2D eigenvalue weighted by atomic mass is 19.1. The van der Waals surface area contributed by atoms with Gasteiger partial charge in [-0.05, 0) is 41.9 Å². The van der Waals surface area contributed by atoms with Crippen LogP contribution in [0.25, 0.3) is 6.08 Å². The van der Waals surface area contributed by atoms with E-state index in [0.29, 0.717) is 30.1 Å². The van der Waals surface area contributed by atoms with E-state index < -0.39 is 5.82 Å². The van der Waals surface area contributed by atoms with Gasteiger partial charge in [0.15, 0.2) is 11.6 Å². The molecule has 7 nitrogen and oxygen atoms in total. The summed E-state index contributed by atoms with van der Waals surface area (Å²) >= 11 is 0. The minimum Gasteiger partial charge on any atom is -0.368 e. The fourth-order valence-corrected chi connectivity index (χ4v) is 3.91. The summed E-state index contributed by atoms with van der Waals surface area (Å²) in [6.07, 6.45) is 8.72. The Morgan fingerprint density at radius 3 is 2.93 bits per heavy atom. The van der Waals surface area contributed by atoms with Crippen molar-refractivity contribution in [1.82, 2.24) is 20.3 Å². The Morgan fingerprint density at radius 1 is 1.37 bits per heavy atom. The van der Waals surface area contributed by atoms with E-state index >= 15 is 0 Å². The van der Waals surface area contributed by atoms with Crippen molar-refractivity contribution in [1.29, 1.82) is 0 Å². The first-order valence-corrected chi connectivity index (χ1v) is 9.00. The van der Waals surface area contributed by atoms with Gasteiger partial charge in [-0.2, -0.15) is 4.98 Å². The number of rotatable bonds is 6. The quantitative estimate of drug-likeness (QED) is 0.750. The van der Waals surface area contributed by atoms with E-state index in [4.69, 9.17) is 5.73 Å². The number of amides is 1. The number of fused-ring (bicyclic) bond motifs is 1. The van der Waals surface area contributed by atoms with Gasteiger partial charge in [0.05, 0.1) is 6.20 Å². The zero-order valence-corrected chi connectivity index (χ0v) is 14.8. The van der Waals surface area contributed by atoms with Crippen LogP contribution in [0.15, 0.2) is 36.8 Å². The average molecular weight is 368 g/mol. The standard InChI is InChI=1S/C19H21FN6O/c20-16-9-24-19(21)25-18(16)26-10-14-13(15(14)11-26)5-7-23-17(27)4-3-12-2-1-6-22-8-12/h1-4,6,8-9,13-15H,5,7,10-11H2,(H,23,27)(H2,21,24,25)/b4-3+/t13?,14-,15+. The predicted molar refractivity (Wildman–Crippen MR) is 100.0 cm³/mol. The second kappa shape index (κ2) is 7.30. The molecule has 1 aliphatic heterocycles. The summed E-state index contributed by atoms with van der Waals surface area (Å²) < 4.78 is 13.9. The lowest BCUT2D eigenvalue weighted by molar-refractivity contribution is -0.116. The number of carbonyl (C=O) groups is 1. The molecule has 3 N–H and O–H groups in total. The molecule has 2 aromatic rings. The predicted octanol–water partition coefficient (Wildman–Crippen LogP) is 1.49. The number of nitrogens with two attached hydrogens (primary N) is 1. The van der Waals surface area contributed by atoms with E-state index in [1.165, 1.54) is 6.08 Å². The lowest BCUT2D eigenvalue weighted by atomic mass is 10.2. The molecular weight excluding hydrogens is 347 g/mol. The highest BCUT2D eigenvalue weighted by Gasteiger charge is 2.55. The summed E-state index contributed by atoms with van der Waals surface area (Å²) in [6.45, 7) is 2.19. The highest BCUT2D eigenvalue weighted by Crippen LogP contribution is 2.54. The Bertz CT molecular complexity index is 847. The molecule has 3 atom stereocenters. The smallest absolute Gasteiger partial charge is 0.244 e. The molecule has 140 valence electrons. The van der Waals surface area contributed by atoms with Crippen LogP contribution in [0, 0.1) is 23.6 Å². The number of hydrogen-bond acceptors (Lipinski definition) is 6. The van der Waals surface area contributed by atoms with Gasteiger partial charge in [-0.25, -0.2) is 9.37 Å². The topological polar surface area (TPSA) is 97.0 Å². The highest BCUT2D eigenvalue weighted by molar-refractivity contribution is 5.91. The molecule has 1 unspecified atom stereocenters. The van der Waals surface area contributed by atoms with Crippen LogP contribution in [0.2, 0.25) is 0 Å². The maximum Gasteiger partial charge on any atom is 0.244 e. The van der Waals surface area contributed by atoms with Gasteiger partial charge in [0, 0.05) is 38.1 Å². The lowest BCUT2D eigenvalue weighted by Gasteiger charge is -2.21. The number of carbonyl (C=O) groups excluding carboxylic acids is 1. The number of anilines is 2. The first kappa shape index (κ1) is 17.4. The molecule has 0 bridgehead atoms. The van der Waals surface area contributed by atoms with Gasteiger partial charge in [-0.1, -0.05) is 6.07 Å². The Hall–Kier alpha value is -3.03. The average Bonchev–Trinajstić information content (AvgIpc) is 3.12. The van der Waals surface area contributed by atoms with Crippen molar-refractivity contribution in [2.45, 2.75) is 6.42 Å². The van der Waals surface area contributed by atoms with Gasteiger partial charge >= 0.3 is 0 Å². The SMILES string of the molecule is Nc1ncc(F)c(N2C[C@@H]3C(CCNC(=O)/C=C/c4cccnc4)[C@@H]3C2)n1. The Balaban J connectivity index is 1.20. The van der Waals surface area contributed by atoms with E-state index in [-0.39, 0.29) is 11.9 Å². The number of aromatic nitrogens is 3. The molecule has 1 saturated carbocycles. The van der Waals surface area contributed by atoms with Crippen molar-refractivity contribution in [2.75, 3.05) is 30.3 Å². The molecule has 1 amide bonds. The zero-order valence-electron chi connectivity index (χ0n) is 14.8. The van der Waals surface area contributed by atoms with Gasteiger partial charge < -0.3 is 16.0 Å². The number of piperidine rings is 1. The van der Waals surface area contributed by atoms with Crippen molar-refractivity contribution in [3.8, 4) is 0 Å². The molecule has 1 saturated heterocycles. The van der Waals surface area contributed by atoms with E-state index in [1.807, 2.05) is 17.0 Å². The summed E-state index contributed by atoms with van der Waals surface area (Å²) in [5.74, 6) is 1.48. The summed E-state index contributed by atoms with van der Waals surface area (Å²) in [5.41, 5.74) is 6.45. The van der Waals surface area contributed by atoms with Crippen molar-refractivity contribution in [2.24, 2.45) is 17.8 Å². The lowest BCUT2D eigenvalue weighted by Crippen LogP contribution is -2.28. The first-order valence-electron chi connectivity index (χ1n) is 9.00. The number of pyridine rings is 1. The fraction of sp³-hybridized carbons (Fsp3) is 0.368. The third kappa shape index (κ3) is 3.89. The summed E-state index contributed by atoms with van der Waals surface area (Å²) in [7, 11) is 0. The molecule has 27 heavy (non-hydrogen) atoms. The van der Waals surface area contributed by atoms with Crippen LogP contribution in [-0.2, 0) is 4.79 Å². The largest absolute Gasteiger partial charge is 0.368 e. The number of nitrogens with zero attached hydrogens (tertiary/aromatic N) is 4. The second-order valence-corrected chi connectivity index (χ2v) is 7.00. The number of nitrogen functional groups attached to an aromatic ring is 1. The Morgan fingerprint density at radius 2 is 2.19 bits per heavy atom. The van der Waals surface area contributed by atoms with E-state index in [2.05, 4.69) is 20.3 Å². The van der Waals surface area contributed by atoms with Crippen LogP contribution in [0.1, 0.15) is 12.0 Å². The van der Waals surface area contributed by atoms with Crippen molar-refractivity contribution >= 4 is 23.7 Å². The minimum absolute atomic E-state index is 0.0885. The van der Waals surface area contributed by atoms with Crippen LogP contribution < -0.4 is 16.0 Å². The van der Waals surface area contributed by atoms with Crippen LogP contribution in [-0.4, -0.2) is 40.5 Å². The van der Waals surface area contributed by atoms with Crippen LogP contribution in [0.3, 0.4) is 0 Å². The summed E-state index contributed by atoms with van der Waals surface area (Å²) in [5, 5.41) is 2.92. The molecule has 8 heteroatoms. The van der Waals surface area contributed by atoms with Crippen molar-refractivity contribution in [3.63, 3.8) is 0 Å². The molecule has 2 fully saturated rings. The van der Waals surface area contributed by atoms with Gasteiger partial charge in [-0.15, -0.1) is 0 Å². The molecule has 0 aromatic carbocycles. The Kier molecular flexibility index (Phi) is 4.70. The van der Waals surface area contributed by atoms with Crippen LogP contribution in [0.5, 0.6) is 0 Å². The minimum atomic E-state index is -0.435. The molecule has 3 heterocycles. The van der Waals surface area contributed by atoms with Crippen molar-refractivity contribution < 1.29 is 9.18 Å². The molecule has 2 aliphatic rings. The number of halogens is 1. The second-order valence-electron chi connectivity index (χ2n) is 7.00. The number of hydrogen-bond donors (Lipinski definition) is 2. The van der Waals surface area contributed by atoms with E-state index in [0.717, 1.165) is 31.3 Å².